The normalized spacial score (nSPS) is 27.6. The van der Waals surface area contributed by atoms with Crippen molar-refractivity contribution in [1.82, 2.24) is 5.32 Å². The molecular formula is C16H33NO2S. The zero-order chi connectivity index (χ0) is 15.0. The average molecular weight is 304 g/mol. The minimum absolute atomic E-state index is 0.288. The van der Waals surface area contributed by atoms with Crippen LogP contribution in [0.4, 0.5) is 0 Å². The highest BCUT2D eigenvalue weighted by atomic mass is 32.2. The van der Waals surface area contributed by atoms with Crippen LogP contribution < -0.4 is 5.32 Å². The van der Waals surface area contributed by atoms with Crippen LogP contribution in [0.1, 0.15) is 59.3 Å². The predicted octanol–water partition coefficient (Wildman–Crippen LogP) is 3.25. The fourth-order valence-electron chi connectivity index (χ4n) is 3.52. The second-order valence-electron chi connectivity index (χ2n) is 6.32. The van der Waals surface area contributed by atoms with Crippen molar-refractivity contribution in [3.63, 3.8) is 0 Å². The number of nitrogens with one attached hydrogen (secondary N) is 1. The maximum atomic E-state index is 11.8. The Morgan fingerprint density at radius 3 is 2.40 bits per heavy atom. The highest BCUT2D eigenvalue weighted by Gasteiger charge is 2.30. The van der Waals surface area contributed by atoms with E-state index in [0.29, 0.717) is 17.6 Å². The molecule has 0 aromatic heterocycles. The summed E-state index contributed by atoms with van der Waals surface area (Å²) in [5.41, 5.74) is 0. The van der Waals surface area contributed by atoms with Crippen LogP contribution in [-0.2, 0) is 9.84 Å². The Bertz CT molecular complexity index is 353. The van der Waals surface area contributed by atoms with Crippen molar-refractivity contribution in [2.75, 3.05) is 24.6 Å². The number of sulfone groups is 1. The molecule has 3 unspecified atom stereocenters. The standard InChI is InChI=1S/C16H33NO2S/c1-4-7-14-8-9-16(13-17-5-2)15(12-14)10-11-20(18,19)6-3/h14-17H,4-13H2,1-3H3. The minimum atomic E-state index is -2.81. The molecule has 0 bridgehead atoms. The molecule has 4 heteroatoms. The summed E-state index contributed by atoms with van der Waals surface area (Å²) >= 11 is 0. The molecule has 0 aromatic carbocycles. The Kier molecular flexibility index (Phi) is 8.11. The molecule has 1 aliphatic carbocycles. The molecule has 0 aliphatic heterocycles. The van der Waals surface area contributed by atoms with Crippen LogP contribution in [0.3, 0.4) is 0 Å². The van der Waals surface area contributed by atoms with E-state index in [9.17, 15) is 8.42 Å². The van der Waals surface area contributed by atoms with Gasteiger partial charge in [-0.2, -0.15) is 0 Å². The first-order valence-corrected chi connectivity index (χ1v) is 10.3. The van der Waals surface area contributed by atoms with Gasteiger partial charge in [0.05, 0.1) is 5.75 Å². The zero-order valence-corrected chi connectivity index (χ0v) is 14.3. The molecule has 0 aromatic rings. The van der Waals surface area contributed by atoms with Gasteiger partial charge in [-0.05, 0) is 50.1 Å². The first kappa shape index (κ1) is 18.0. The Morgan fingerprint density at radius 2 is 1.80 bits per heavy atom. The summed E-state index contributed by atoms with van der Waals surface area (Å²) in [5.74, 6) is 2.77. The Balaban J connectivity index is 2.56. The quantitative estimate of drug-likeness (QED) is 0.711. The van der Waals surface area contributed by atoms with Crippen molar-refractivity contribution < 1.29 is 8.42 Å². The summed E-state index contributed by atoms with van der Waals surface area (Å²) < 4.78 is 23.5. The lowest BCUT2D eigenvalue weighted by molar-refractivity contribution is 0.165. The fourth-order valence-corrected chi connectivity index (χ4v) is 4.47. The molecule has 1 saturated carbocycles. The highest BCUT2D eigenvalue weighted by Crippen LogP contribution is 2.37. The van der Waals surface area contributed by atoms with Crippen LogP contribution in [0.2, 0.25) is 0 Å². The molecule has 20 heavy (non-hydrogen) atoms. The van der Waals surface area contributed by atoms with Gasteiger partial charge in [0.1, 0.15) is 9.84 Å². The molecule has 1 N–H and O–H groups in total. The van der Waals surface area contributed by atoms with E-state index in [2.05, 4.69) is 19.2 Å². The molecule has 0 radical (unpaired) electrons. The van der Waals surface area contributed by atoms with Crippen molar-refractivity contribution in [3.8, 4) is 0 Å². The molecule has 0 saturated heterocycles. The maximum absolute atomic E-state index is 11.8. The fraction of sp³-hybridized carbons (Fsp3) is 1.00. The van der Waals surface area contributed by atoms with Crippen LogP contribution in [0.15, 0.2) is 0 Å². The molecule has 0 spiro atoms. The van der Waals surface area contributed by atoms with E-state index >= 15 is 0 Å². The molecule has 3 nitrogen and oxygen atoms in total. The molecule has 120 valence electrons. The highest BCUT2D eigenvalue weighted by molar-refractivity contribution is 7.91. The molecule has 3 atom stereocenters. The van der Waals surface area contributed by atoms with Gasteiger partial charge < -0.3 is 5.32 Å². The van der Waals surface area contributed by atoms with Crippen molar-refractivity contribution in [3.05, 3.63) is 0 Å². The third-order valence-corrected chi connectivity index (χ3v) is 6.58. The van der Waals surface area contributed by atoms with Gasteiger partial charge in [0.2, 0.25) is 0 Å². The van der Waals surface area contributed by atoms with Crippen molar-refractivity contribution in [2.45, 2.75) is 59.3 Å². The van der Waals surface area contributed by atoms with E-state index in [1.54, 1.807) is 6.92 Å². The summed E-state index contributed by atoms with van der Waals surface area (Å²) in [7, 11) is -2.81. The first-order chi connectivity index (χ1) is 9.52. The van der Waals surface area contributed by atoms with E-state index in [1.807, 2.05) is 0 Å². The van der Waals surface area contributed by atoms with Crippen LogP contribution in [0.25, 0.3) is 0 Å². The smallest absolute Gasteiger partial charge is 0.150 e. The summed E-state index contributed by atoms with van der Waals surface area (Å²) in [4.78, 5) is 0. The Labute approximate surface area is 125 Å². The molecule has 1 aliphatic rings. The van der Waals surface area contributed by atoms with E-state index in [0.717, 1.165) is 25.4 Å². The zero-order valence-electron chi connectivity index (χ0n) is 13.5. The van der Waals surface area contributed by atoms with Gasteiger partial charge in [0.15, 0.2) is 0 Å². The van der Waals surface area contributed by atoms with Gasteiger partial charge >= 0.3 is 0 Å². The number of hydrogen-bond acceptors (Lipinski definition) is 3. The summed E-state index contributed by atoms with van der Waals surface area (Å²) in [6.45, 7) is 8.22. The third-order valence-electron chi connectivity index (χ3n) is 4.84. The van der Waals surface area contributed by atoms with Crippen LogP contribution in [0.5, 0.6) is 0 Å². The summed E-state index contributed by atoms with van der Waals surface area (Å²) in [6, 6.07) is 0. The summed E-state index contributed by atoms with van der Waals surface area (Å²) in [6.07, 6.45) is 7.28. The molecule has 1 rings (SSSR count). The lowest BCUT2D eigenvalue weighted by atomic mass is 9.71. The monoisotopic (exact) mass is 303 g/mol. The van der Waals surface area contributed by atoms with E-state index in [4.69, 9.17) is 0 Å². The Morgan fingerprint density at radius 1 is 1.05 bits per heavy atom. The van der Waals surface area contributed by atoms with Gasteiger partial charge in [-0.3, -0.25) is 0 Å². The SMILES string of the molecule is CCCC1CCC(CNCC)C(CCS(=O)(=O)CC)C1. The summed E-state index contributed by atoms with van der Waals surface area (Å²) in [5, 5.41) is 3.46. The molecule has 0 heterocycles. The average Bonchev–Trinajstić information content (AvgIpc) is 2.44. The van der Waals surface area contributed by atoms with Crippen LogP contribution in [-0.4, -0.2) is 33.0 Å². The van der Waals surface area contributed by atoms with Crippen molar-refractivity contribution in [2.24, 2.45) is 17.8 Å². The molecule has 0 amide bonds. The molecule has 1 fully saturated rings. The lowest BCUT2D eigenvalue weighted by Crippen LogP contribution is -2.34. The lowest BCUT2D eigenvalue weighted by Gasteiger charge is -2.36. The first-order valence-electron chi connectivity index (χ1n) is 8.43. The number of hydrogen-bond donors (Lipinski definition) is 1. The second-order valence-corrected chi connectivity index (χ2v) is 8.79. The van der Waals surface area contributed by atoms with Crippen molar-refractivity contribution in [1.29, 1.82) is 0 Å². The van der Waals surface area contributed by atoms with Crippen LogP contribution >= 0.6 is 0 Å². The van der Waals surface area contributed by atoms with Crippen LogP contribution in [0, 0.1) is 17.8 Å². The van der Waals surface area contributed by atoms with Gasteiger partial charge in [0.25, 0.3) is 0 Å². The van der Waals surface area contributed by atoms with Gasteiger partial charge in [-0.25, -0.2) is 8.42 Å². The largest absolute Gasteiger partial charge is 0.317 e. The van der Waals surface area contributed by atoms with Gasteiger partial charge in [-0.15, -0.1) is 0 Å². The maximum Gasteiger partial charge on any atom is 0.150 e. The molecular weight excluding hydrogens is 270 g/mol. The van der Waals surface area contributed by atoms with E-state index in [1.165, 1.54) is 32.1 Å². The topological polar surface area (TPSA) is 46.2 Å². The third kappa shape index (κ3) is 6.13. The minimum Gasteiger partial charge on any atom is -0.317 e. The predicted molar refractivity (Wildman–Crippen MR) is 86.7 cm³/mol. The van der Waals surface area contributed by atoms with E-state index in [-0.39, 0.29) is 5.75 Å². The van der Waals surface area contributed by atoms with Crippen molar-refractivity contribution >= 4 is 9.84 Å². The van der Waals surface area contributed by atoms with Gasteiger partial charge in [0, 0.05) is 5.75 Å². The second kappa shape index (κ2) is 9.04. The van der Waals surface area contributed by atoms with Gasteiger partial charge in [-0.1, -0.05) is 40.0 Å². The Hall–Kier alpha value is -0.0900. The number of rotatable bonds is 9. The van der Waals surface area contributed by atoms with E-state index < -0.39 is 9.84 Å².